The van der Waals surface area contributed by atoms with Crippen molar-refractivity contribution in [3.63, 3.8) is 0 Å². The smallest absolute Gasteiger partial charge is 0.337 e. The lowest BCUT2D eigenvalue weighted by Crippen LogP contribution is -2.31. The molecule has 0 aliphatic carbocycles. The van der Waals surface area contributed by atoms with Crippen LogP contribution >= 0.6 is 23.5 Å². The molecule has 132 valence electrons. The van der Waals surface area contributed by atoms with Crippen LogP contribution in [0.5, 0.6) is 0 Å². The van der Waals surface area contributed by atoms with Crippen molar-refractivity contribution in [1.82, 2.24) is 4.90 Å². The topological polar surface area (TPSA) is 52.9 Å². The second kappa shape index (κ2) is 9.49. The van der Waals surface area contributed by atoms with E-state index in [-0.39, 0.29) is 10.6 Å². The number of carboxylic acid groups (broad SMARTS) is 1. The first kappa shape index (κ1) is 19.3. The fraction of sp³-hybridized carbons (Fsp3) is 0.263. The molecule has 0 saturated heterocycles. The summed E-state index contributed by atoms with van der Waals surface area (Å²) >= 11 is 7.79. The number of benzene rings is 2. The maximum atomic E-state index is 11.4. The van der Waals surface area contributed by atoms with Crippen LogP contribution in [0.15, 0.2) is 52.9 Å². The van der Waals surface area contributed by atoms with Gasteiger partial charge in [-0.25, -0.2) is 4.79 Å². The van der Waals surface area contributed by atoms with Gasteiger partial charge in [0.05, 0.1) is 10.6 Å². The van der Waals surface area contributed by atoms with Crippen molar-refractivity contribution in [3.05, 3.63) is 70.2 Å². The molecule has 2 aromatic carbocycles. The number of amidine groups is 1. The van der Waals surface area contributed by atoms with Gasteiger partial charge in [0.1, 0.15) is 5.84 Å². The van der Waals surface area contributed by atoms with Gasteiger partial charge in [0, 0.05) is 24.4 Å². The third-order valence-electron chi connectivity index (χ3n) is 3.76. The van der Waals surface area contributed by atoms with E-state index in [1.54, 1.807) is 6.07 Å². The molecule has 1 N–H and O–H groups in total. The van der Waals surface area contributed by atoms with Gasteiger partial charge in [-0.15, -0.1) is 0 Å². The Balaban J connectivity index is 2.35. The molecule has 0 unspecified atom stereocenters. The van der Waals surface area contributed by atoms with Crippen molar-refractivity contribution in [2.24, 2.45) is 4.40 Å². The Morgan fingerprint density at radius 2 is 1.72 bits per heavy atom. The maximum Gasteiger partial charge on any atom is 0.337 e. The molecule has 0 aliphatic rings. The van der Waals surface area contributed by atoms with Crippen LogP contribution < -0.4 is 0 Å². The SMILES string of the molecule is CCN(CC)C(=NSCc1ccccc1)c1cccc(C(=O)O)c1Cl. The van der Waals surface area contributed by atoms with Crippen LogP contribution in [0.4, 0.5) is 0 Å². The number of hydrogen-bond donors (Lipinski definition) is 1. The van der Waals surface area contributed by atoms with Crippen LogP contribution in [0.3, 0.4) is 0 Å². The number of rotatable bonds is 7. The van der Waals surface area contributed by atoms with Gasteiger partial charge in [-0.2, -0.15) is 4.40 Å². The average Bonchev–Trinajstić information content (AvgIpc) is 2.62. The molecule has 25 heavy (non-hydrogen) atoms. The fourth-order valence-corrected chi connectivity index (χ4v) is 3.45. The summed E-state index contributed by atoms with van der Waals surface area (Å²) in [5.74, 6) is 0.406. The zero-order valence-corrected chi connectivity index (χ0v) is 15.8. The van der Waals surface area contributed by atoms with Crippen LogP contribution in [-0.2, 0) is 5.75 Å². The predicted octanol–water partition coefficient (Wildman–Crippen LogP) is 4.98. The molecule has 2 rings (SSSR count). The van der Waals surface area contributed by atoms with Crippen LogP contribution in [0.2, 0.25) is 5.02 Å². The minimum atomic E-state index is -1.04. The molecule has 0 aliphatic heterocycles. The highest BCUT2D eigenvalue weighted by molar-refractivity contribution is 7.97. The summed E-state index contributed by atoms with van der Waals surface area (Å²) in [4.78, 5) is 13.4. The van der Waals surface area contributed by atoms with Crippen molar-refractivity contribution in [2.75, 3.05) is 13.1 Å². The Morgan fingerprint density at radius 3 is 2.32 bits per heavy atom. The third-order valence-corrected chi connectivity index (χ3v) is 4.93. The summed E-state index contributed by atoms with van der Waals surface area (Å²) in [5.41, 5.74) is 1.92. The molecule has 4 nitrogen and oxygen atoms in total. The number of carboxylic acids is 1. The highest BCUT2D eigenvalue weighted by atomic mass is 35.5. The van der Waals surface area contributed by atoms with Crippen LogP contribution in [0.25, 0.3) is 0 Å². The fourth-order valence-electron chi connectivity index (χ4n) is 2.41. The van der Waals surface area contributed by atoms with Gasteiger partial charge in [-0.3, -0.25) is 0 Å². The Labute approximate surface area is 157 Å². The number of halogens is 1. The normalized spacial score (nSPS) is 11.4. The zero-order chi connectivity index (χ0) is 18.2. The van der Waals surface area contributed by atoms with Crippen molar-refractivity contribution in [1.29, 1.82) is 0 Å². The second-order valence-electron chi connectivity index (χ2n) is 5.32. The first-order valence-corrected chi connectivity index (χ1v) is 9.41. The molecule has 0 amide bonds. The number of hydrogen-bond acceptors (Lipinski definition) is 3. The van der Waals surface area contributed by atoms with Gasteiger partial charge in [0.2, 0.25) is 0 Å². The molecule has 6 heteroatoms. The van der Waals surface area contributed by atoms with Crippen molar-refractivity contribution >= 4 is 35.4 Å². The van der Waals surface area contributed by atoms with Gasteiger partial charge in [0.15, 0.2) is 0 Å². The molecule has 0 radical (unpaired) electrons. The Kier molecular flexibility index (Phi) is 7.34. The lowest BCUT2D eigenvalue weighted by atomic mass is 10.1. The minimum Gasteiger partial charge on any atom is -0.478 e. The van der Waals surface area contributed by atoms with E-state index in [4.69, 9.17) is 11.6 Å². The summed E-state index contributed by atoms with van der Waals surface area (Å²) in [5, 5.41) is 9.53. The van der Waals surface area contributed by atoms with Gasteiger partial charge < -0.3 is 10.0 Å². The molecule has 0 fully saturated rings. The van der Waals surface area contributed by atoms with E-state index in [0.717, 1.165) is 18.8 Å². The summed E-state index contributed by atoms with van der Waals surface area (Å²) in [6.45, 7) is 5.59. The van der Waals surface area contributed by atoms with Crippen LogP contribution in [-0.4, -0.2) is 34.9 Å². The summed E-state index contributed by atoms with van der Waals surface area (Å²) in [6, 6.07) is 15.1. The average molecular weight is 377 g/mol. The largest absolute Gasteiger partial charge is 0.478 e. The van der Waals surface area contributed by atoms with Gasteiger partial charge in [-0.1, -0.05) is 48.0 Å². The molecule has 0 saturated carbocycles. The quantitative estimate of drug-likeness (QED) is 0.421. The maximum absolute atomic E-state index is 11.4. The van der Waals surface area contributed by atoms with E-state index in [2.05, 4.69) is 21.4 Å². The lowest BCUT2D eigenvalue weighted by molar-refractivity contribution is 0.0697. The van der Waals surface area contributed by atoms with E-state index < -0.39 is 5.97 Å². The van der Waals surface area contributed by atoms with E-state index in [1.165, 1.54) is 23.6 Å². The van der Waals surface area contributed by atoms with E-state index >= 15 is 0 Å². The second-order valence-corrected chi connectivity index (χ2v) is 6.43. The number of nitrogens with zero attached hydrogens (tertiary/aromatic N) is 2. The highest BCUT2D eigenvalue weighted by Gasteiger charge is 2.19. The molecular formula is C19H21ClN2O2S. The predicted molar refractivity (Wildman–Crippen MR) is 106 cm³/mol. The molecule has 0 spiro atoms. The third kappa shape index (κ3) is 5.00. The Morgan fingerprint density at radius 1 is 1.08 bits per heavy atom. The summed E-state index contributed by atoms with van der Waals surface area (Å²) in [6.07, 6.45) is 0. The van der Waals surface area contributed by atoms with E-state index in [0.29, 0.717) is 11.4 Å². The van der Waals surface area contributed by atoms with Crippen LogP contribution in [0, 0.1) is 0 Å². The number of carbonyl (C=O) groups is 1. The van der Waals surface area contributed by atoms with Gasteiger partial charge in [-0.05, 0) is 43.5 Å². The van der Waals surface area contributed by atoms with Crippen LogP contribution in [0.1, 0.15) is 35.3 Å². The van der Waals surface area contributed by atoms with Gasteiger partial charge >= 0.3 is 5.97 Å². The van der Waals surface area contributed by atoms with E-state index in [1.807, 2.05) is 38.1 Å². The zero-order valence-electron chi connectivity index (χ0n) is 14.3. The van der Waals surface area contributed by atoms with E-state index in [9.17, 15) is 9.90 Å². The first-order chi connectivity index (χ1) is 12.1. The monoisotopic (exact) mass is 376 g/mol. The summed E-state index contributed by atoms with van der Waals surface area (Å²) in [7, 11) is 0. The molecule has 0 heterocycles. The lowest BCUT2D eigenvalue weighted by Gasteiger charge is -2.24. The molecule has 0 atom stereocenters. The molecular weight excluding hydrogens is 356 g/mol. The van der Waals surface area contributed by atoms with Gasteiger partial charge in [0.25, 0.3) is 0 Å². The van der Waals surface area contributed by atoms with Crippen molar-refractivity contribution in [2.45, 2.75) is 19.6 Å². The van der Waals surface area contributed by atoms with Crippen molar-refractivity contribution in [3.8, 4) is 0 Å². The summed E-state index contributed by atoms with van der Waals surface area (Å²) < 4.78 is 4.67. The Bertz CT molecular complexity index is 746. The molecule has 0 bridgehead atoms. The Hall–Kier alpha value is -1.98. The molecule has 0 aromatic heterocycles. The standard InChI is InChI=1S/C19H21ClN2O2S/c1-3-22(4-2)18(21-25-13-14-9-6-5-7-10-14)15-11-8-12-16(17(15)20)19(23)24/h5-12H,3-4,13H2,1-2H3,(H,23,24). The molecule has 2 aromatic rings. The first-order valence-electron chi connectivity index (χ1n) is 8.09. The minimum absolute atomic E-state index is 0.0899. The highest BCUT2D eigenvalue weighted by Crippen LogP contribution is 2.25. The van der Waals surface area contributed by atoms with Crippen molar-refractivity contribution < 1.29 is 9.90 Å². The number of aromatic carboxylic acids is 1.